The number of hydrogen-bond acceptors (Lipinski definition) is 4. The highest BCUT2D eigenvalue weighted by Crippen LogP contribution is 2.23. The van der Waals surface area contributed by atoms with Gasteiger partial charge in [0.05, 0.1) is 11.3 Å². The van der Waals surface area contributed by atoms with E-state index in [2.05, 4.69) is 21.2 Å². The molecule has 1 N–H and O–H groups in total. The van der Waals surface area contributed by atoms with Crippen molar-refractivity contribution < 1.29 is 19.1 Å². The van der Waals surface area contributed by atoms with Crippen LogP contribution in [-0.2, 0) is 9.53 Å². The molecule has 5 nitrogen and oxygen atoms in total. The second-order valence-electron chi connectivity index (χ2n) is 6.76. The summed E-state index contributed by atoms with van der Waals surface area (Å²) >= 11 is 3.41. The zero-order valence-electron chi connectivity index (χ0n) is 16.6. The Kier molecular flexibility index (Phi) is 6.79. The van der Waals surface area contributed by atoms with Crippen LogP contribution >= 0.6 is 15.9 Å². The predicted octanol–water partition coefficient (Wildman–Crippen LogP) is 5.42. The van der Waals surface area contributed by atoms with Crippen LogP contribution in [-0.4, -0.2) is 24.3 Å². The van der Waals surface area contributed by atoms with E-state index in [1.165, 1.54) is 6.92 Å². The van der Waals surface area contributed by atoms with E-state index < -0.39 is 5.97 Å². The van der Waals surface area contributed by atoms with Crippen LogP contribution in [0.4, 0.5) is 5.69 Å². The molecular weight excluding hydrogens is 446 g/mol. The molecule has 0 aliphatic rings. The van der Waals surface area contributed by atoms with Gasteiger partial charge in [-0.15, -0.1) is 0 Å². The summed E-state index contributed by atoms with van der Waals surface area (Å²) in [5, 5.41) is 2.64. The van der Waals surface area contributed by atoms with Crippen molar-refractivity contribution in [3.63, 3.8) is 0 Å². The number of carbonyl (C=O) groups excluding carboxylic acids is 3. The summed E-state index contributed by atoms with van der Waals surface area (Å²) in [6.45, 7) is 2.76. The number of esters is 1. The number of ether oxygens (including phenoxy) is 1. The summed E-state index contributed by atoms with van der Waals surface area (Å²) in [6.07, 6.45) is 0. The Morgan fingerprint density at radius 3 is 2.10 bits per heavy atom. The van der Waals surface area contributed by atoms with Gasteiger partial charge in [-0.1, -0.05) is 64.5 Å². The van der Waals surface area contributed by atoms with Crippen molar-refractivity contribution in [3.05, 3.63) is 87.9 Å². The van der Waals surface area contributed by atoms with Crippen molar-refractivity contribution in [2.45, 2.75) is 13.8 Å². The van der Waals surface area contributed by atoms with E-state index in [4.69, 9.17) is 4.74 Å². The molecule has 3 aromatic rings. The average molecular weight is 466 g/mol. The van der Waals surface area contributed by atoms with Gasteiger partial charge in [-0.25, -0.2) is 4.79 Å². The van der Waals surface area contributed by atoms with Crippen molar-refractivity contribution in [3.8, 4) is 11.1 Å². The Morgan fingerprint density at radius 1 is 0.900 bits per heavy atom. The van der Waals surface area contributed by atoms with Crippen LogP contribution in [0.25, 0.3) is 11.1 Å². The lowest BCUT2D eigenvalue weighted by molar-refractivity contribution is -0.114. The Labute approximate surface area is 183 Å². The summed E-state index contributed by atoms with van der Waals surface area (Å²) in [6, 6.07) is 20.0. The number of aryl methyl sites for hydroxylation is 1. The maximum Gasteiger partial charge on any atom is 0.340 e. The van der Waals surface area contributed by atoms with E-state index in [9.17, 15) is 14.4 Å². The monoisotopic (exact) mass is 465 g/mol. The van der Waals surface area contributed by atoms with Crippen molar-refractivity contribution in [2.24, 2.45) is 0 Å². The third-order valence-electron chi connectivity index (χ3n) is 4.51. The topological polar surface area (TPSA) is 72.5 Å². The standard InChI is InChI=1S/C24H20BrNO4/c1-15-4-3-5-21(23(15)26-16(2)27)24(29)30-14-22(28)19-8-6-17(7-9-19)18-10-12-20(25)13-11-18/h3-13H,14H2,1-2H3,(H,26,27). The van der Waals surface area contributed by atoms with Crippen molar-refractivity contribution in [2.75, 3.05) is 11.9 Å². The van der Waals surface area contributed by atoms with Crippen LogP contribution in [0.15, 0.2) is 71.2 Å². The molecule has 0 saturated heterocycles. The Balaban J connectivity index is 1.67. The highest BCUT2D eigenvalue weighted by atomic mass is 79.9. The molecule has 3 aromatic carbocycles. The molecule has 0 spiro atoms. The molecule has 0 bridgehead atoms. The van der Waals surface area contributed by atoms with E-state index in [0.717, 1.165) is 21.2 Å². The third kappa shape index (κ3) is 5.21. The molecule has 30 heavy (non-hydrogen) atoms. The smallest absolute Gasteiger partial charge is 0.340 e. The van der Waals surface area contributed by atoms with Gasteiger partial charge in [0.2, 0.25) is 5.91 Å². The number of benzene rings is 3. The molecule has 0 atom stereocenters. The first kappa shape index (κ1) is 21.5. The molecule has 0 aromatic heterocycles. The lowest BCUT2D eigenvalue weighted by Crippen LogP contribution is -2.17. The van der Waals surface area contributed by atoms with Gasteiger partial charge in [0.25, 0.3) is 0 Å². The highest BCUT2D eigenvalue weighted by molar-refractivity contribution is 9.10. The van der Waals surface area contributed by atoms with Crippen LogP contribution in [0.2, 0.25) is 0 Å². The molecule has 0 saturated carbocycles. The molecule has 0 unspecified atom stereocenters. The predicted molar refractivity (Wildman–Crippen MR) is 120 cm³/mol. The quantitative estimate of drug-likeness (QED) is 0.389. The highest BCUT2D eigenvalue weighted by Gasteiger charge is 2.17. The van der Waals surface area contributed by atoms with Crippen molar-refractivity contribution >= 4 is 39.3 Å². The van der Waals surface area contributed by atoms with E-state index in [-0.39, 0.29) is 23.9 Å². The summed E-state index contributed by atoms with van der Waals surface area (Å²) < 4.78 is 6.20. The zero-order valence-corrected chi connectivity index (χ0v) is 18.2. The molecule has 6 heteroatoms. The second-order valence-corrected chi connectivity index (χ2v) is 7.68. The number of rotatable bonds is 6. The number of halogens is 1. The largest absolute Gasteiger partial charge is 0.454 e. The summed E-state index contributed by atoms with van der Waals surface area (Å²) in [7, 11) is 0. The van der Waals surface area contributed by atoms with Gasteiger partial charge in [-0.3, -0.25) is 9.59 Å². The lowest BCUT2D eigenvalue weighted by atomic mass is 10.0. The fourth-order valence-corrected chi connectivity index (χ4v) is 3.23. The summed E-state index contributed by atoms with van der Waals surface area (Å²) in [5.41, 5.74) is 3.80. The summed E-state index contributed by atoms with van der Waals surface area (Å²) in [4.78, 5) is 36.3. The number of Topliss-reactive ketones (excluding diaryl/α,β-unsaturated/α-hetero) is 1. The molecule has 3 rings (SSSR count). The van der Waals surface area contributed by atoms with Crippen LogP contribution in [0.5, 0.6) is 0 Å². The maximum absolute atomic E-state index is 12.5. The minimum absolute atomic E-state index is 0.212. The van der Waals surface area contributed by atoms with Gasteiger partial charge >= 0.3 is 5.97 Å². The maximum atomic E-state index is 12.5. The van der Waals surface area contributed by atoms with Gasteiger partial charge in [0.15, 0.2) is 12.4 Å². The third-order valence-corrected chi connectivity index (χ3v) is 5.04. The van der Waals surface area contributed by atoms with Gasteiger partial charge in [-0.2, -0.15) is 0 Å². The molecule has 0 radical (unpaired) electrons. The fraction of sp³-hybridized carbons (Fsp3) is 0.125. The number of hydrogen-bond donors (Lipinski definition) is 1. The van der Waals surface area contributed by atoms with E-state index in [1.54, 1.807) is 37.3 Å². The van der Waals surface area contributed by atoms with Crippen LogP contribution < -0.4 is 5.32 Å². The number of carbonyl (C=O) groups is 3. The molecule has 0 fully saturated rings. The fourth-order valence-electron chi connectivity index (χ4n) is 2.96. The van der Waals surface area contributed by atoms with Crippen molar-refractivity contribution in [1.82, 2.24) is 0 Å². The molecule has 152 valence electrons. The molecule has 0 heterocycles. The van der Waals surface area contributed by atoms with E-state index in [1.807, 2.05) is 36.4 Å². The van der Waals surface area contributed by atoms with Crippen LogP contribution in [0.3, 0.4) is 0 Å². The van der Waals surface area contributed by atoms with Gasteiger partial charge in [0.1, 0.15) is 0 Å². The first-order valence-corrected chi connectivity index (χ1v) is 10.1. The minimum atomic E-state index is -0.665. The van der Waals surface area contributed by atoms with E-state index in [0.29, 0.717) is 11.3 Å². The van der Waals surface area contributed by atoms with Crippen molar-refractivity contribution in [1.29, 1.82) is 0 Å². The first-order chi connectivity index (χ1) is 14.3. The van der Waals surface area contributed by atoms with Crippen LogP contribution in [0, 0.1) is 6.92 Å². The Morgan fingerprint density at radius 2 is 1.50 bits per heavy atom. The zero-order chi connectivity index (χ0) is 21.7. The Bertz CT molecular complexity index is 1090. The molecule has 0 aliphatic heterocycles. The summed E-state index contributed by atoms with van der Waals surface area (Å²) in [5.74, 6) is -1.26. The number of anilines is 1. The van der Waals surface area contributed by atoms with Gasteiger partial charge < -0.3 is 10.1 Å². The molecular formula is C24H20BrNO4. The first-order valence-electron chi connectivity index (χ1n) is 9.28. The second kappa shape index (κ2) is 9.50. The number of para-hydroxylation sites is 1. The van der Waals surface area contributed by atoms with Crippen LogP contribution in [0.1, 0.15) is 33.2 Å². The molecule has 1 amide bonds. The SMILES string of the molecule is CC(=O)Nc1c(C)cccc1C(=O)OCC(=O)c1ccc(-c2ccc(Br)cc2)cc1. The Hall–Kier alpha value is -3.25. The van der Waals surface area contributed by atoms with E-state index >= 15 is 0 Å². The van der Waals surface area contributed by atoms with Gasteiger partial charge in [-0.05, 0) is 41.8 Å². The number of ketones is 1. The molecule has 0 aliphatic carbocycles. The average Bonchev–Trinajstić information content (AvgIpc) is 2.73. The number of nitrogens with one attached hydrogen (secondary N) is 1. The lowest BCUT2D eigenvalue weighted by Gasteiger charge is -2.12. The number of amides is 1. The normalized spacial score (nSPS) is 10.4. The minimum Gasteiger partial charge on any atom is -0.454 e. The van der Waals surface area contributed by atoms with Gasteiger partial charge in [0, 0.05) is 17.0 Å².